The van der Waals surface area contributed by atoms with Crippen molar-refractivity contribution in [1.82, 2.24) is 25.9 Å². The Morgan fingerprint density at radius 1 is 0.967 bits per heavy atom. The molecule has 0 fully saturated rings. The first kappa shape index (κ1) is 22.7. The van der Waals surface area contributed by atoms with E-state index in [2.05, 4.69) is 21.4 Å². The van der Waals surface area contributed by atoms with Crippen molar-refractivity contribution >= 4 is 40.3 Å². The van der Waals surface area contributed by atoms with Gasteiger partial charge in [0.25, 0.3) is 0 Å². The van der Waals surface area contributed by atoms with Crippen LogP contribution in [-0.2, 0) is 25.7 Å². The first-order chi connectivity index (χ1) is 14.3. The van der Waals surface area contributed by atoms with Crippen LogP contribution >= 0.6 is 0 Å². The summed E-state index contributed by atoms with van der Waals surface area (Å²) in [5.74, 6) is -2.65. The van der Waals surface area contributed by atoms with E-state index in [0.717, 1.165) is 16.6 Å². The lowest BCUT2D eigenvalue weighted by molar-refractivity contribution is -0.137. The van der Waals surface area contributed by atoms with Crippen molar-refractivity contribution in [2.45, 2.75) is 13.0 Å². The van der Waals surface area contributed by atoms with Crippen molar-refractivity contribution in [3.05, 3.63) is 30.5 Å². The van der Waals surface area contributed by atoms with Crippen LogP contribution in [0.2, 0.25) is 0 Å². The SMILES string of the molecule is CNN(C)c1cn(CCC(=O)NCC(=O)NCC(=O)NCC(=O)O)c2ccccc12. The third-order valence-corrected chi connectivity index (χ3v) is 4.37. The monoisotopic (exact) mass is 418 g/mol. The van der Waals surface area contributed by atoms with Crippen LogP contribution in [0, 0.1) is 0 Å². The van der Waals surface area contributed by atoms with Crippen molar-refractivity contribution in [2.24, 2.45) is 0 Å². The number of carbonyl (C=O) groups is 4. The van der Waals surface area contributed by atoms with Gasteiger partial charge >= 0.3 is 5.97 Å². The molecule has 2 rings (SSSR count). The van der Waals surface area contributed by atoms with E-state index < -0.39 is 24.3 Å². The van der Waals surface area contributed by atoms with Gasteiger partial charge in [0.1, 0.15) is 6.54 Å². The molecule has 30 heavy (non-hydrogen) atoms. The van der Waals surface area contributed by atoms with Crippen LogP contribution in [0.5, 0.6) is 0 Å². The molecule has 0 aliphatic rings. The zero-order chi connectivity index (χ0) is 22.1. The van der Waals surface area contributed by atoms with Crippen molar-refractivity contribution in [2.75, 3.05) is 38.7 Å². The number of hydrogen-bond acceptors (Lipinski definition) is 6. The van der Waals surface area contributed by atoms with Crippen molar-refractivity contribution in [3.63, 3.8) is 0 Å². The predicted octanol–water partition coefficient (Wildman–Crippen LogP) is -0.965. The lowest BCUT2D eigenvalue weighted by Crippen LogP contribution is -2.43. The maximum Gasteiger partial charge on any atom is 0.322 e. The average molecular weight is 418 g/mol. The van der Waals surface area contributed by atoms with Gasteiger partial charge in [0.05, 0.1) is 24.3 Å². The summed E-state index contributed by atoms with van der Waals surface area (Å²) < 4.78 is 1.98. The standard InChI is InChI=1S/C19H26N6O5/c1-20-24(2)15-12-25(14-6-4-3-5-13(14)15)8-7-16(26)21-9-17(27)22-10-18(28)23-11-19(29)30/h3-6,12,20H,7-11H2,1-2H3,(H,21,26)(H,22,27)(H,23,28)(H,29,30). The first-order valence-electron chi connectivity index (χ1n) is 9.32. The van der Waals surface area contributed by atoms with Gasteiger partial charge in [-0.05, 0) is 6.07 Å². The highest BCUT2D eigenvalue weighted by Gasteiger charge is 2.13. The number of fused-ring (bicyclic) bond motifs is 1. The lowest BCUT2D eigenvalue weighted by Gasteiger charge is -2.15. The summed E-state index contributed by atoms with van der Waals surface area (Å²) >= 11 is 0. The number of hydrazine groups is 1. The van der Waals surface area contributed by atoms with Gasteiger partial charge in [-0.25, -0.2) is 5.43 Å². The minimum atomic E-state index is -1.18. The third kappa shape index (κ3) is 6.48. The second kappa shape index (κ2) is 10.8. The molecule has 11 nitrogen and oxygen atoms in total. The second-order valence-electron chi connectivity index (χ2n) is 6.48. The molecular weight excluding hydrogens is 392 g/mol. The number of hydrogen-bond donors (Lipinski definition) is 5. The molecule has 1 aromatic carbocycles. The zero-order valence-corrected chi connectivity index (χ0v) is 16.9. The number of anilines is 1. The van der Waals surface area contributed by atoms with Crippen LogP contribution in [0.15, 0.2) is 30.5 Å². The van der Waals surface area contributed by atoms with E-state index in [9.17, 15) is 19.2 Å². The van der Waals surface area contributed by atoms with E-state index in [-0.39, 0.29) is 25.4 Å². The number of aryl methyl sites for hydroxylation is 1. The van der Waals surface area contributed by atoms with Crippen LogP contribution in [0.4, 0.5) is 5.69 Å². The molecule has 2 aromatic rings. The molecule has 1 aromatic heterocycles. The van der Waals surface area contributed by atoms with Gasteiger partial charge in [0.15, 0.2) is 0 Å². The second-order valence-corrected chi connectivity index (χ2v) is 6.48. The highest BCUT2D eigenvalue weighted by Crippen LogP contribution is 2.27. The van der Waals surface area contributed by atoms with Crippen LogP contribution in [-0.4, -0.2) is 67.1 Å². The zero-order valence-electron chi connectivity index (χ0n) is 16.9. The number of nitrogens with zero attached hydrogens (tertiary/aromatic N) is 2. The number of benzene rings is 1. The molecule has 5 N–H and O–H groups in total. The molecule has 0 bridgehead atoms. The Balaban J connectivity index is 1.80. The van der Waals surface area contributed by atoms with Crippen molar-refractivity contribution < 1.29 is 24.3 Å². The Morgan fingerprint density at radius 2 is 1.57 bits per heavy atom. The molecular formula is C19H26N6O5. The fourth-order valence-electron chi connectivity index (χ4n) is 2.77. The van der Waals surface area contributed by atoms with Crippen molar-refractivity contribution in [3.8, 4) is 0 Å². The summed E-state index contributed by atoms with van der Waals surface area (Å²) in [6.07, 6.45) is 2.13. The van der Waals surface area contributed by atoms with E-state index in [0.29, 0.717) is 6.54 Å². The fourth-order valence-corrected chi connectivity index (χ4v) is 2.77. The Morgan fingerprint density at radius 3 is 2.20 bits per heavy atom. The van der Waals surface area contributed by atoms with Crippen LogP contribution < -0.4 is 26.4 Å². The number of carboxylic acid groups (broad SMARTS) is 1. The molecule has 0 aliphatic heterocycles. The summed E-state index contributed by atoms with van der Waals surface area (Å²) in [7, 11) is 3.72. The van der Waals surface area contributed by atoms with Gasteiger partial charge in [-0.3, -0.25) is 19.2 Å². The predicted molar refractivity (Wildman–Crippen MR) is 111 cm³/mol. The topological polar surface area (TPSA) is 145 Å². The molecule has 0 atom stereocenters. The number of amides is 3. The molecule has 162 valence electrons. The van der Waals surface area contributed by atoms with Gasteiger partial charge in [-0.2, -0.15) is 0 Å². The molecule has 0 aliphatic carbocycles. The highest BCUT2D eigenvalue weighted by atomic mass is 16.4. The number of para-hydroxylation sites is 1. The first-order valence-corrected chi connectivity index (χ1v) is 9.32. The van der Waals surface area contributed by atoms with Gasteiger partial charge in [0, 0.05) is 38.6 Å². The number of nitrogens with one attached hydrogen (secondary N) is 4. The number of carboxylic acids is 1. The Hall–Kier alpha value is -3.60. The minimum Gasteiger partial charge on any atom is -0.480 e. The summed E-state index contributed by atoms with van der Waals surface area (Å²) in [5.41, 5.74) is 5.03. The van der Waals surface area contributed by atoms with Gasteiger partial charge in [-0.15, -0.1) is 0 Å². The molecule has 0 unspecified atom stereocenters. The summed E-state index contributed by atoms with van der Waals surface area (Å²) in [4.78, 5) is 45.5. The summed E-state index contributed by atoms with van der Waals surface area (Å²) in [6, 6.07) is 7.86. The molecule has 1 heterocycles. The van der Waals surface area contributed by atoms with Crippen LogP contribution in [0.3, 0.4) is 0 Å². The van der Waals surface area contributed by atoms with E-state index in [1.165, 1.54) is 0 Å². The van der Waals surface area contributed by atoms with Crippen LogP contribution in [0.25, 0.3) is 10.9 Å². The maximum atomic E-state index is 12.1. The molecule has 0 radical (unpaired) electrons. The van der Waals surface area contributed by atoms with Crippen LogP contribution in [0.1, 0.15) is 6.42 Å². The highest BCUT2D eigenvalue weighted by molar-refractivity contribution is 5.93. The Kier molecular flexibility index (Phi) is 8.18. The molecule has 0 saturated carbocycles. The average Bonchev–Trinajstić information content (AvgIpc) is 3.11. The molecule has 11 heteroatoms. The summed E-state index contributed by atoms with van der Waals surface area (Å²) in [5, 5.41) is 18.3. The number of rotatable bonds is 11. The maximum absolute atomic E-state index is 12.1. The Bertz CT molecular complexity index is 925. The molecule has 3 amide bonds. The lowest BCUT2D eigenvalue weighted by atomic mass is 10.2. The van der Waals surface area contributed by atoms with E-state index >= 15 is 0 Å². The molecule has 0 spiro atoms. The van der Waals surface area contributed by atoms with Gasteiger partial charge < -0.3 is 30.6 Å². The Labute approximate surface area is 173 Å². The normalized spacial score (nSPS) is 10.5. The smallest absolute Gasteiger partial charge is 0.322 e. The van der Waals surface area contributed by atoms with Gasteiger partial charge in [0.2, 0.25) is 17.7 Å². The largest absolute Gasteiger partial charge is 0.480 e. The molecule has 0 saturated heterocycles. The third-order valence-electron chi connectivity index (χ3n) is 4.37. The summed E-state index contributed by atoms with van der Waals surface area (Å²) in [6.45, 7) is -0.723. The number of aromatic nitrogens is 1. The van der Waals surface area contributed by atoms with E-state index in [1.807, 2.05) is 54.1 Å². The van der Waals surface area contributed by atoms with E-state index in [4.69, 9.17) is 5.11 Å². The fraction of sp³-hybridized carbons (Fsp3) is 0.368. The number of aliphatic carboxylic acids is 1. The van der Waals surface area contributed by atoms with Gasteiger partial charge in [-0.1, -0.05) is 18.2 Å². The van der Waals surface area contributed by atoms with Crippen molar-refractivity contribution in [1.29, 1.82) is 0 Å². The quantitative estimate of drug-likeness (QED) is 0.295. The number of carbonyl (C=O) groups excluding carboxylic acids is 3. The minimum absolute atomic E-state index is 0.174. The van der Waals surface area contributed by atoms with E-state index in [1.54, 1.807) is 0 Å².